The monoisotopic (exact) mass is 247 g/mol. The minimum atomic E-state index is 0.727. The molecule has 0 aromatic heterocycles. The quantitative estimate of drug-likeness (QED) is 0.736. The minimum absolute atomic E-state index is 0.727. The number of hydrogen-bond donors (Lipinski definition) is 1. The van der Waals surface area contributed by atoms with E-state index < -0.39 is 0 Å². The Hall–Kier alpha value is -0.300. The predicted octanol–water partition coefficient (Wildman–Crippen LogP) is 4.15. The van der Waals surface area contributed by atoms with Gasteiger partial charge in [0.25, 0.3) is 0 Å². The van der Waals surface area contributed by atoms with Crippen molar-refractivity contribution < 1.29 is 0 Å². The molecule has 0 aromatic carbocycles. The molecular formula is C17H29N. The molecule has 0 aromatic rings. The van der Waals surface area contributed by atoms with E-state index in [4.69, 9.17) is 0 Å². The van der Waals surface area contributed by atoms with Crippen molar-refractivity contribution in [2.45, 2.75) is 70.9 Å². The zero-order chi connectivity index (χ0) is 12.5. The van der Waals surface area contributed by atoms with Crippen molar-refractivity contribution in [3.8, 4) is 0 Å². The molecule has 102 valence electrons. The van der Waals surface area contributed by atoms with Gasteiger partial charge in [-0.15, -0.1) is 0 Å². The number of rotatable bonds is 4. The van der Waals surface area contributed by atoms with Gasteiger partial charge in [-0.2, -0.15) is 0 Å². The maximum Gasteiger partial charge on any atom is 0.00754 e. The third-order valence-electron chi connectivity index (χ3n) is 5.83. The first kappa shape index (κ1) is 12.7. The molecule has 3 aliphatic rings. The summed E-state index contributed by atoms with van der Waals surface area (Å²) in [5, 5.41) is 3.98. The summed E-state index contributed by atoms with van der Waals surface area (Å²) in [5.41, 5.74) is 0. The third-order valence-corrected chi connectivity index (χ3v) is 5.83. The standard InChI is InChI=1S/C17H29N/c1-3-13-5-4-6-16(10-13)18-12(2)17-11-14-7-8-15(17)9-14/h7-8,12-18H,3-6,9-11H2,1-2H3. The van der Waals surface area contributed by atoms with E-state index >= 15 is 0 Å². The summed E-state index contributed by atoms with van der Waals surface area (Å²) in [5.74, 6) is 3.72. The minimum Gasteiger partial charge on any atom is -0.311 e. The van der Waals surface area contributed by atoms with Gasteiger partial charge in [0.1, 0.15) is 0 Å². The van der Waals surface area contributed by atoms with E-state index in [0.29, 0.717) is 0 Å². The third kappa shape index (κ3) is 2.52. The Morgan fingerprint density at radius 2 is 2.06 bits per heavy atom. The molecule has 1 nitrogen and oxygen atoms in total. The first-order valence-electron chi connectivity index (χ1n) is 8.20. The van der Waals surface area contributed by atoms with E-state index in [9.17, 15) is 0 Å². The van der Waals surface area contributed by atoms with Crippen molar-refractivity contribution in [1.82, 2.24) is 5.32 Å². The lowest BCUT2D eigenvalue weighted by Crippen LogP contribution is -2.44. The van der Waals surface area contributed by atoms with Gasteiger partial charge >= 0.3 is 0 Å². The highest BCUT2D eigenvalue weighted by Gasteiger charge is 2.39. The average Bonchev–Trinajstić information content (AvgIpc) is 3.01. The van der Waals surface area contributed by atoms with Crippen molar-refractivity contribution in [3.63, 3.8) is 0 Å². The second-order valence-electron chi connectivity index (χ2n) is 7.04. The molecule has 0 amide bonds. The van der Waals surface area contributed by atoms with Gasteiger partial charge in [-0.05, 0) is 56.3 Å². The lowest BCUT2D eigenvalue weighted by molar-refractivity contribution is 0.229. The number of fused-ring (bicyclic) bond motifs is 2. The maximum absolute atomic E-state index is 3.98. The molecule has 6 unspecified atom stereocenters. The topological polar surface area (TPSA) is 12.0 Å². The fraction of sp³-hybridized carbons (Fsp3) is 0.882. The van der Waals surface area contributed by atoms with Gasteiger partial charge < -0.3 is 5.32 Å². The Bertz CT molecular complexity index is 309. The van der Waals surface area contributed by atoms with Crippen LogP contribution in [0.25, 0.3) is 0 Å². The molecule has 18 heavy (non-hydrogen) atoms. The van der Waals surface area contributed by atoms with Crippen LogP contribution in [0.4, 0.5) is 0 Å². The smallest absolute Gasteiger partial charge is 0.00754 e. The SMILES string of the molecule is CCC1CCCC(NC(C)C2CC3C=CC2C3)C1. The Kier molecular flexibility index (Phi) is 3.79. The van der Waals surface area contributed by atoms with E-state index in [1.165, 1.54) is 44.9 Å². The van der Waals surface area contributed by atoms with Crippen LogP contribution in [0.1, 0.15) is 58.8 Å². The highest BCUT2D eigenvalue weighted by Crippen LogP contribution is 2.45. The van der Waals surface area contributed by atoms with Crippen LogP contribution in [0.2, 0.25) is 0 Å². The Morgan fingerprint density at radius 3 is 2.72 bits per heavy atom. The van der Waals surface area contributed by atoms with Crippen LogP contribution in [0.15, 0.2) is 12.2 Å². The van der Waals surface area contributed by atoms with Crippen molar-refractivity contribution >= 4 is 0 Å². The molecule has 0 aliphatic heterocycles. The number of allylic oxidation sites excluding steroid dienone is 2. The van der Waals surface area contributed by atoms with E-state index in [0.717, 1.165) is 35.8 Å². The molecule has 2 fully saturated rings. The first-order chi connectivity index (χ1) is 8.76. The van der Waals surface area contributed by atoms with Gasteiger partial charge in [0, 0.05) is 12.1 Å². The molecular weight excluding hydrogens is 218 g/mol. The second kappa shape index (κ2) is 5.36. The summed E-state index contributed by atoms with van der Waals surface area (Å²) < 4.78 is 0. The highest BCUT2D eigenvalue weighted by atomic mass is 15.0. The lowest BCUT2D eigenvalue weighted by atomic mass is 9.82. The maximum atomic E-state index is 3.98. The zero-order valence-electron chi connectivity index (χ0n) is 12.1. The lowest BCUT2D eigenvalue weighted by Gasteiger charge is -2.35. The number of nitrogens with one attached hydrogen (secondary N) is 1. The Balaban J connectivity index is 1.51. The van der Waals surface area contributed by atoms with Crippen LogP contribution < -0.4 is 5.32 Å². The molecule has 1 N–H and O–H groups in total. The second-order valence-corrected chi connectivity index (χ2v) is 7.04. The predicted molar refractivity (Wildman–Crippen MR) is 77.5 cm³/mol. The summed E-state index contributed by atoms with van der Waals surface area (Å²) in [6.45, 7) is 4.80. The van der Waals surface area contributed by atoms with E-state index in [1.807, 2.05) is 0 Å². The van der Waals surface area contributed by atoms with Crippen molar-refractivity contribution in [2.75, 3.05) is 0 Å². The largest absolute Gasteiger partial charge is 0.311 e. The van der Waals surface area contributed by atoms with Gasteiger partial charge in [0.15, 0.2) is 0 Å². The highest BCUT2D eigenvalue weighted by molar-refractivity contribution is 5.11. The van der Waals surface area contributed by atoms with Crippen molar-refractivity contribution in [2.24, 2.45) is 23.7 Å². The average molecular weight is 247 g/mol. The molecule has 0 heterocycles. The number of hydrogen-bond acceptors (Lipinski definition) is 1. The van der Waals surface area contributed by atoms with Crippen LogP contribution in [0, 0.1) is 23.7 Å². The van der Waals surface area contributed by atoms with Gasteiger partial charge in [-0.25, -0.2) is 0 Å². The van der Waals surface area contributed by atoms with Crippen LogP contribution in [0.3, 0.4) is 0 Å². The summed E-state index contributed by atoms with van der Waals surface area (Å²) in [6.07, 6.45) is 15.0. The summed E-state index contributed by atoms with van der Waals surface area (Å²) in [6, 6.07) is 1.53. The molecule has 3 aliphatic carbocycles. The fourth-order valence-corrected chi connectivity index (χ4v) is 4.71. The van der Waals surface area contributed by atoms with Gasteiger partial charge in [0.05, 0.1) is 0 Å². The molecule has 6 atom stereocenters. The molecule has 0 radical (unpaired) electrons. The van der Waals surface area contributed by atoms with E-state index in [1.54, 1.807) is 0 Å². The van der Waals surface area contributed by atoms with Gasteiger partial charge in [-0.3, -0.25) is 0 Å². The fourth-order valence-electron chi connectivity index (χ4n) is 4.71. The Morgan fingerprint density at radius 1 is 1.17 bits per heavy atom. The van der Waals surface area contributed by atoms with Crippen LogP contribution in [-0.4, -0.2) is 12.1 Å². The van der Waals surface area contributed by atoms with Crippen LogP contribution in [0.5, 0.6) is 0 Å². The summed E-state index contributed by atoms with van der Waals surface area (Å²) in [4.78, 5) is 0. The molecule has 2 saturated carbocycles. The van der Waals surface area contributed by atoms with Crippen LogP contribution >= 0.6 is 0 Å². The van der Waals surface area contributed by atoms with E-state index in [-0.39, 0.29) is 0 Å². The molecule has 3 rings (SSSR count). The van der Waals surface area contributed by atoms with Crippen molar-refractivity contribution in [1.29, 1.82) is 0 Å². The Labute approximate surface area is 112 Å². The molecule has 1 heteroatoms. The first-order valence-corrected chi connectivity index (χ1v) is 8.20. The molecule has 2 bridgehead atoms. The van der Waals surface area contributed by atoms with E-state index in [2.05, 4.69) is 31.3 Å². The van der Waals surface area contributed by atoms with Gasteiger partial charge in [-0.1, -0.05) is 38.3 Å². The summed E-state index contributed by atoms with van der Waals surface area (Å²) >= 11 is 0. The van der Waals surface area contributed by atoms with Gasteiger partial charge in [0.2, 0.25) is 0 Å². The van der Waals surface area contributed by atoms with Crippen molar-refractivity contribution in [3.05, 3.63) is 12.2 Å². The molecule has 0 spiro atoms. The molecule has 0 saturated heterocycles. The summed E-state index contributed by atoms with van der Waals surface area (Å²) in [7, 11) is 0. The normalized spacial score (nSPS) is 44.4. The zero-order valence-corrected chi connectivity index (χ0v) is 12.1. The van der Waals surface area contributed by atoms with Crippen LogP contribution in [-0.2, 0) is 0 Å².